The lowest BCUT2D eigenvalue weighted by atomic mass is 10.1. The van der Waals surface area contributed by atoms with Crippen LogP contribution in [0, 0.1) is 0 Å². The quantitative estimate of drug-likeness (QED) is 0.191. The minimum absolute atomic E-state index is 0.000844. The van der Waals surface area contributed by atoms with E-state index in [1.54, 1.807) is 0 Å². The lowest BCUT2D eigenvalue weighted by Gasteiger charge is -2.17. The lowest BCUT2D eigenvalue weighted by Crippen LogP contribution is -2.18. The van der Waals surface area contributed by atoms with Crippen molar-refractivity contribution in [3.8, 4) is 0 Å². The molecule has 0 fully saturated rings. The Bertz CT molecular complexity index is 877. The first-order chi connectivity index (χ1) is 14.3. The summed E-state index contributed by atoms with van der Waals surface area (Å²) in [6.45, 7) is 1.29. The molecule has 0 aliphatic carbocycles. The number of anilines is 4. The Balaban J connectivity index is 1.86. The summed E-state index contributed by atoms with van der Waals surface area (Å²) in [6, 6.07) is 19.7. The fraction of sp³-hybridized carbons (Fsp3) is 0.238. The van der Waals surface area contributed by atoms with Gasteiger partial charge in [0.05, 0.1) is 19.8 Å². The predicted octanol–water partition coefficient (Wildman–Crippen LogP) is 2.52. The third-order valence-electron chi connectivity index (χ3n) is 4.17. The second kappa shape index (κ2) is 11.0. The number of nitrogens with one attached hydrogen (secondary N) is 3. The van der Waals surface area contributed by atoms with Crippen LogP contribution >= 0.6 is 0 Å². The molecular formula is C21H26N6O2. The molecule has 0 saturated carbocycles. The number of hydrogen-bond acceptors (Lipinski definition) is 8. The first kappa shape index (κ1) is 20.5. The van der Waals surface area contributed by atoms with E-state index in [-0.39, 0.29) is 6.61 Å². The Labute approximate surface area is 170 Å². The zero-order valence-electron chi connectivity index (χ0n) is 16.1. The zero-order valence-corrected chi connectivity index (χ0v) is 16.1. The molecule has 152 valence electrons. The minimum atomic E-state index is -0.000844. The van der Waals surface area contributed by atoms with Gasteiger partial charge in [0.15, 0.2) is 5.82 Å². The van der Waals surface area contributed by atoms with Crippen LogP contribution in [-0.2, 0) is 11.2 Å². The summed E-state index contributed by atoms with van der Waals surface area (Å²) < 4.78 is 5.33. The number of rotatable bonds is 11. The molecule has 3 aromatic rings. The maximum Gasteiger partial charge on any atom is 0.231 e. The number of aliphatic hydroxyl groups excluding tert-OH is 1. The molecule has 0 saturated heterocycles. The summed E-state index contributed by atoms with van der Waals surface area (Å²) in [7, 11) is 0. The van der Waals surface area contributed by atoms with Gasteiger partial charge in [-0.2, -0.15) is 9.97 Å². The Morgan fingerprint density at radius 3 is 2.28 bits per heavy atom. The van der Waals surface area contributed by atoms with Crippen molar-refractivity contribution in [2.24, 2.45) is 5.84 Å². The molecule has 0 amide bonds. The lowest BCUT2D eigenvalue weighted by molar-refractivity contribution is 0.0992. The van der Waals surface area contributed by atoms with Crippen LogP contribution < -0.4 is 21.9 Å². The Kier molecular flexibility index (Phi) is 7.76. The van der Waals surface area contributed by atoms with Crippen LogP contribution in [0.15, 0.2) is 60.7 Å². The van der Waals surface area contributed by atoms with Gasteiger partial charge in [0.25, 0.3) is 0 Å². The van der Waals surface area contributed by atoms with Crippen molar-refractivity contribution >= 4 is 23.3 Å². The summed E-state index contributed by atoms with van der Waals surface area (Å²) in [5, 5.41) is 15.3. The number of nitrogens with two attached hydrogens (primary N) is 1. The van der Waals surface area contributed by atoms with Crippen LogP contribution in [0.2, 0.25) is 0 Å². The Morgan fingerprint density at radius 1 is 0.897 bits per heavy atom. The fourth-order valence-electron chi connectivity index (χ4n) is 2.83. The normalized spacial score (nSPS) is 10.6. The largest absolute Gasteiger partial charge is 0.394 e. The van der Waals surface area contributed by atoms with Gasteiger partial charge in [-0.1, -0.05) is 48.5 Å². The molecule has 2 aromatic carbocycles. The van der Waals surface area contributed by atoms with Crippen molar-refractivity contribution in [1.29, 1.82) is 0 Å². The minimum Gasteiger partial charge on any atom is -0.394 e. The SMILES string of the molecule is NNc1nc(Nc2ccccc2)nc(NCCOCCO)c1Cc1ccccc1. The highest BCUT2D eigenvalue weighted by atomic mass is 16.5. The number of hydrogen-bond donors (Lipinski definition) is 5. The topological polar surface area (TPSA) is 117 Å². The van der Waals surface area contributed by atoms with Gasteiger partial charge in [-0.3, -0.25) is 0 Å². The van der Waals surface area contributed by atoms with E-state index >= 15 is 0 Å². The molecule has 3 rings (SSSR count). The third kappa shape index (κ3) is 6.15. The zero-order chi connectivity index (χ0) is 20.3. The highest BCUT2D eigenvalue weighted by molar-refractivity contribution is 5.64. The van der Waals surface area contributed by atoms with Crippen LogP contribution in [-0.4, -0.2) is 41.4 Å². The molecule has 0 atom stereocenters. The van der Waals surface area contributed by atoms with Gasteiger partial charge in [-0.25, -0.2) is 5.84 Å². The Hall–Kier alpha value is -3.20. The van der Waals surface area contributed by atoms with E-state index in [1.807, 2.05) is 60.7 Å². The first-order valence-corrected chi connectivity index (χ1v) is 9.46. The van der Waals surface area contributed by atoms with Gasteiger partial charge in [0.1, 0.15) is 5.82 Å². The molecule has 8 nitrogen and oxygen atoms in total. The second-order valence-corrected chi connectivity index (χ2v) is 6.28. The van der Waals surface area contributed by atoms with Crippen molar-refractivity contribution < 1.29 is 9.84 Å². The van der Waals surface area contributed by atoms with E-state index in [0.29, 0.717) is 43.8 Å². The third-order valence-corrected chi connectivity index (χ3v) is 4.17. The molecule has 0 spiro atoms. The van der Waals surface area contributed by atoms with Crippen molar-refractivity contribution in [2.45, 2.75) is 6.42 Å². The van der Waals surface area contributed by atoms with E-state index in [4.69, 9.17) is 15.7 Å². The van der Waals surface area contributed by atoms with Crippen LogP contribution in [0.4, 0.5) is 23.3 Å². The van der Waals surface area contributed by atoms with Crippen molar-refractivity contribution in [2.75, 3.05) is 42.4 Å². The van der Waals surface area contributed by atoms with Gasteiger partial charge in [-0.15, -0.1) is 0 Å². The van der Waals surface area contributed by atoms with Gasteiger partial charge in [0, 0.05) is 24.2 Å². The standard InChI is InChI=1S/C21H26N6O2/c22-27-20-18(15-16-7-3-1-4-8-16)19(23-11-13-29-14-12-28)25-21(26-20)24-17-9-5-2-6-10-17/h1-10,28H,11-15,22H2,(H3,23,24,25,26,27). The number of hydrazine groups is 1. The highest BCUT2D eigenvalue weighted by Crippen LogP contribution is 2.26. The van der Waals surface area contributed by atoms with E-state index < -0.39 is 0 Å². The van der Waals surface area contributed by atoms with Crippen molar-refractivity contribution in [3.05, 3.63) is 71.8 Å². The number of ether oxygens (including phenoxy) is 1. The van der Waals surface area contributed by atoms with E-state index in [2.05, 4.69) is 26.0 Å². The predicted molar refractivity (Wildman–Crippen MR) is 115 cm³/mol. The number of aromatic nitrogens is 2. The molecule has 0 aliphatic heterocycles. The number of benzene rings is 2. The molecule has 1 heterocycles. The van der Waals surface area contributed by atoms with Crippen LogP contribution in [0.1, 0.15) is 11.1 Å². The summed E-state index contributed by atoms with van der Waals surface area (Å²) in [5.41, 5.74) is 5.56. The maximum absolute atomic E-state index is 8.84. The van der Waals surface area contributed by atoms with E-state index in [9.17, 15) is 0 Å². The van der Waals surface area contributed by atoms with E-state index in [1.165, 1.54) is 0 Å². The molecule has 0 radical (unpaired) electrons. The molecule has 6 N–H and O–H groups in total. The molecule has 0 aliphatic rings. The average molecular weight is 394 g/mol. The molecular weight excluding hydrogens is 368 g/mol. The molecule has 8 heteroatoms. The molecule has 0 unspecified atom stereocenters. The van der Waals surface area contributed by atoms with Crippen LogP contribution in [0.5, 0.6) is 0 Å². The van der Waals surface area contributed by atoms with Gasteiger partial charge >= 0.3 is 0 Å². The molecule has 0 bridgehead atoms. The van der Waals surface area contributed by atoms with Gasteiger partial charge < -0.3 is 25.9 Å². The van der Waals surface area contributed by atoms with Crippen molar-refractivity contribution in [1.82, 2.24) is 9.97 Å². The number of nitrogens with zero attached hydrogens (tertiary/aromatic N) is 2. The van der Waals surface area contributed by atoms with Crippen LogP contribution in [0.25, 0.3) is 0 Å². The second-order valence-electron chi connectivity index (χ2n) is 6.28. The highest BCUT2D eigenvalue weighted by Gasteiger charge is 2.15. The van der Waals surface area contributed by atoms with Crippen LogP contribution in [0.3, 0.4) is 0 Å². The monoisotopic (exact) mass is 394 g/mol. The number of nitrogen functional groups attached to an aromatic ring is 1. The maximum atomic E-state index is 8.84. The summed E-state index contributed by atoms with van der Waals surface area (Å²) in [6.07, 6.45) is 0.617. The van der Waals surface area contributed by atoms with Crippen molar-refractivity contribution in [3.63, 3.8) is 0 Å². The first-order valence-electron chi connectivity index (χ1n) is 9.46. The number of para-hydroxylation sites is 1. The molecule has 29 heavy (non-hydrogen) atoms. The fourth-order valence-corrected chi connectivity index (χ4v) is 2.83. The Morgan fingerprint density at radius 2 is 1.59 bits per heavy atom. The summed E-state index contributed by atoms with van der Waals surface area (Å²) in [4.78, 5) is 9.20. The summed E-state index contributed by atoms with van der Waals surface area (Å²) >= 11 is 0. The smallest absolute Gasteiger partial charge is 0.231 e. The number of aliphatic hydroxyl groups is 1. The molecule has 1 aromatic heterocycles. The van der Waals surface area contributed by atoms with Gasteiger partial charge in [-0.05, 0) is 17.7 Å². The average Bonchev–Trinajstić information content (AvgIpc) is 2.76. The van der Waals surface area contributed by atoms with E-state index in [0.717, 1.165) is 16.8 Å². The summed E-state index contributed by atoms with van der Waals surface area (Å²) in [5.74, 6) is 7.42. The van der Waals surface area contributed by atoms with Gasteiger partial charge in [0.2, 0.25) is 5.95 Å².